The van der Waals surface area contributed by atoms with Gasteiger partial charge in [-0.3, -0.25) is 0 Å². The van der Waals surface area contributed by atoms with Gasteiger partial charge < -0.3 is 0 Å². The van der Waals surface area contributed by atoms with Crippen molar-refractivity contribution in [3.63, 3.8) is 0 Å². The maximum absolute atomic E-state index is 9.38. The van der Waals surface area contributed by atoms with Crippen LogP contribution in [0.3, 0.4) is 0 Å². The Balaban J connectivity index is 2.86. The lowest BCUT2D eigenvalue weighted by Crippen LogP contribution is -1.74. The third kappa shape index (κ3) is 4.11. The molecule has 0 aliphatic heterocycles. The summed E-state index contributed by atoms with van der Waals surface area (Å²) >= 11 is 5.35. The second-order valence-electron chi connectivity index (χ2n) is 0.616. The lowest BCUT2D eigenvalue weighted by atomic mass is 10.8. The van der Waals surface area contributed by atoms with Crippen molar-refractivity contribution in [1.82, 2.24) is 0 Å². The van der Waals surface area contributed by atoms with Crippen LogP contribution < -0.4 is 0 Å². The molecule has 0 aliphatic carbocycles. The van der Waals surface area contributed by atoms with Crippen LogP contribution in [0.1, 0.15) is 0 Å². The summed E-state index contributed by atoms with van der Waals surface area (Å²) in [5, 5.41) is 0. The van der Waals surface area contributed by atoms with Crippen LogP contribution in [0.5, 0.6) is 0 Å². The van der Waals surface area contributed by atoms with Crippen molar-refractivity contribution >= 4 is 23.1 Å². The molecule has 0 aliphatic rings. The summed E-state index contributed by atoms with van der Waals surface area (Å²) < 4.78 is 12.7. The summed E-state index contributed by atoms with van der Waals surface area (Å²) in [5.41, 5.74) is 0. The molecule has 0 aromatic carbocycles. The standard InChI is InChI=1S/C2H4ClNOS/c3-1-2-4-6-5/h1-2H2. The third-order valence-electron chi connectivity index (χ3n) is 0.229. The van der Waals surface area contributed by atoms with Crippen molar-refractivity contribution in [1.29, 1.82) is 0 Å². The summed E-state index contributed by atoms with van der Waals surface area (Å²) in [4.78, 5) is 0. The monoisotopic (exact) mass is 125 g/mol. The molecular formula is C2H4ClNOS. The first-order chi connectivity index (χ1) is 2.91. The van der Waals surface area contributed by atoms with E-state index in [4.69, 9.17) is 11.6 Å². The van der Waals surface area contributed by atoms with Crippen molar-refractivity contribution in [3.8, 4) is 0 Å². The van der Waals surface area contributed by atoms with Gasteiger partial charge in [0.25, 0.3) is 0 Å². The van der Waals surface area contributed by atoms with E-state index in [1.54, 1.807) is 0 Å². The Bertz CT molecular complexity index is 69.9. The van der Waals surface area contributed by atoms with Gasteiger partial charge >= 0.3 is 0 Å². The molecule has 0 radical (unpaired) electrons. The van der Waals surface area contributed by atoms with Crippen molar-refractivity contribution in [2.24, 2.45) is 4.36 Å². The predicted octanol–water partition coefficient (Wildman–Crippen LogP) is 0.622. The van der Waals surface area contributed by atoms with Crippen molar-refractivity contribution in [2.45, 2.75) is 0 Å². The van der Waals surface area contributed by atoms with E-state index >= 15 is 0 Å². The Kier molecular flexibility index (Phi) is 5.20. The number of hydrogen-bond donors (Lipinski definition) is 0. The van der Waals surface area contributed by atoms with Crippen LogP contribution in [0.2, 0.25) is 0 Å². The highest BCUT2D eigenvalue weighted by Crippen LogP contribution is 1.71. The minimum absolute atomic E-state index is 0.217. The van der Waals surface area contributed by atoms with Crippen LogP contribution in [-0.2, 0) is 11.5 Å². The Hall–Kier alpha value is 0.110. The Labute approximate surface area is 44.7 Å². The zero-order valence-electron chi connectivity index (χ0n) is 3.06. The minimum Gasteiger partial charge on any atom is -0.193 e. The molecule has 0 amide bonds. The maximum Gasteiger partial charge on any atom is 0.199 e. The average molecular weight is 126 g/mol. The molecule has 0 bridgehead atoms. The molecule has 0 saturated heterocycles. The number of nitrogens with zero attached hydrogens (tertiary/aromatic N) is 1. The van der Waals surface area contributed by atoms with Gasteiger partial charge in [0.1, 0.15) is 0 Å². The van der Waals surface area contributed by atoms with Crippen LogP contribution in [0.15, 0.2) is 4.36 Å². The maximum atomic E-state index is 9.38. The van der Waals surface area contributed by atoms with Gasteiger partial charge in [-0.2, -0.15) is 8.57 Å². The van der Waals surface area contributed by atoms with Crippen LogP contribution in [-0.4, -0.2) is 16.6 Å². The Morgan fingerprint density at radius 2 is 2.50 bits per heavy atom. The highest BCUT2D eigenvalue weighted by Gasteiger charge is 1.68. The number of hydrogen-bond acceptors (Lipinski definition) is 2. The molecule has 0 fully saturated rings. The van der Waals surface area contributed by atoms with Crippen LogP contribution in [0, 0.1) is 0 Å². The van der Waals surface area contributed by atoms with E-state index in [2.05, 4.69) is 4.36 Å². The van der Waals surface area contributed by atoms with E-state index in [0.717, 1.165) is 0 Å². The highest BCUT2D eigenvalue weighted by molar-refractivity contribution is 7.54. The van der Waals surface area contributed by atoms with Crippen LogP contribution in [0.25, 0.3) is 0 Å². The number of alkyl halides is 1. The zero-order valence-corrected chi connectivity index (χ0v) is 4.63. The van der Waals surface area contributed by atoms with Gasteiger partial charge in [-0.15, -0.1) is 11.6 Å². The molecule has 36 valence electrons. The molecule has 0 unspecified atom stereocenters. The van der Waals surface area contributed by atoms with Gasteiger partial charge in [0.05, 0.1) is 6.54 Å². The highest BCUT2D eigenvalue weighted by atomic mass is 35.5. The van der Waals surface area contributed by atoms with Gasteiger partial charge in [0, 0.05) is 5.88 Å². The molecule has 0 atom stereocenters. The Morgan fingerprint density at radius 1 is 1.83 bits per heavy atom. The van der Waals surface area contributed by atoms with E-state index < -0.39 is 0 Å². The fourth-order valence-electron chi connectivity index (χ4n) is 0.0718. The second-order valence-corrected chi connectivity index (χ2v) is 1.40. The summed E-state index contributed by atoms with van der Waals surface area (Å²) in [6, 6.07) is 0. The normalized spacial score (nSPS) is 7.50. The predicted molar refractivity (Wildman–Crippen MR) is 26.2 cm³/mol. The average Bonchev–Trinajstić information content (AvgIpc) is 1.61. The summed E-state index contributed by atoms with van der Waals surface area (Å²) in [6.07, 6.45) is 0. The number of rotatable bonds is 2. The van der Waals surface area contributed by atoms with Crippen LogP contribution >= 0.6 is 11.6 Å². The molecule has 4 heteroatoms. The van der Waals surface area contributed by atoms with Gasteiger partial charge in [-0.1, -0.05) is 0 Å². The molecule has 0 heterocycles. The van der Waals surface area contributed by atoms with E-state index in [1.165, 1.54) is 0 Å². The topological polar surface area (TPSA) is 29.4 Å². The van der Waals surface area contributed by atoms with Gasteiger partial charge in [0.15, 0.2) is 11.5 Å². The lowest BCUT2D eigenvalue weighted by molar-refractivity contribution is 0.697. The van der Waals surface area contributed by atoms with Crippen molar-refractivity contribution < 1.29 is 4.21 Å². The van der Waals surface area contributed by atoms with Gasteiger partial charge in [0.2, 0.25) is 0 Å². The first-order valence-electron chi connectivity index (χ1n) is 1.43. The minimum atomic E-state index is 0.217. The molecule has 0 N–H and O–H groups in total. The third-order valence-corrected chi connectivity index (χ3v) is 0.686. The van der Waals surface area contributed by atoms with E-state index in [-0.39, 0.29) is 11.5 Å². The van der Waals surface area contributed by atoms with Crippen molar-refractivity contribution in [3.05, 3.63) is 0 Å². The van der Waals surface area contributed by atoms with Gasteiger partial charge in [-0.05, 0) is 0 Å². The molecule has 0 aromatic rings. The van der Waals surface area contributed by atoms with E-state index in [0.29, 0.717) is 12.4 Å². The molecule has 6 heavy (non-hydrogen) atoms. The number of halogens is 1. The molecular weight excluding hydrogens is 122 g/mol. The first-order valence-corrected chi connectivity index (χ1v) is 2.67. The van der Waals surface area contributed by atoms with Gasteiger partial charge in [-0.25, -0.2) is 0 Å². The molecule has 0 spiro atoms. The second kappa shape index (κ2) is 5.11. The van der Waals surface area contributed by atoms with Crippen LogP contribution in [0.4, 0.5) is 0 Å². The van der Waals surface area contributed by atoms with E-state index in [9.17, 15) is 4.21 Å². The summed E-state index contributed by atoms with van der Waals surface area (Å²) in [5.74, 6) is 0.440. The summed E-state index contributed by atoms with van der Waals surface area (Å²) in [6.45, 7) is 0.454. The first kappa shape index (κ1) is 6.11. The molecule has 2 nitrogen and oxygen atoms in total. The fraction of sp³-hybridized carbons (Fsp3) is 1.00. The van der Waals surface area contributed by atoms with E-state index in [1.807, 2.05) is 0 Å². The molecule has 0 aromatic heterocycles. The quantitative estimate of drug-likeness (QED) is 0.498. The SMILES string of the molecule is O=S=NCCCl. The molecule has 0 saturated carbocycles. The smallest absolute Gasteiger partial charge is 0.193 e. The Morgan fingerprint density at radius 3 is 2.67 bits per heavy atom. The van der Waals surface area contributed by atoms with Crippen molar-refractivity contribution in [2.75, 3.05) is 12.4 Å². The largest absolute Gasteiger partial charge is 0.199 e. The zero-order chi connectivity index (χ0) is 4.83. The summed E-state index contributed by atoms with van der Waals surface area (Å²) in [7, 11) is 0. The molecule has 0 rings (SSSR count). The lowest BCUT2D eigenvalue weighted by Gasteiger charge is -1.69. The fourth-order valence-corrected chi connectivity index (χ4v) is 0.422.